The molecule has 0 bridgehead atoms. The molecule has 1 unspecified atom stereocenters. The molecule has 0 fully saturated rings. The normalized spacial score (nSPS) is 12.4. The molecule has 0 amide bonds. The Balaban J connectivity index is 1.33. The Bertz CT molecular complexity index is 1390. The molecule has 210 valence electrons. The Kier molecular flexibility index (Phi) is 9.40. The van der Waals surface area contributed by atoms with Crippen molar-refractivity contribution >= 4 is 0 Å². The van der Waals surface area contributed by atoms with E-state index in [1.54, 1.807) is 0 Å². The zero-order valence-electron chi connectivity index (χ0n) is 25.7. The van der Waals surface area contributed by atoms with Crippen molar-refractivity contribution in [3.63, 3.8) is 0 Å². The summed E-state index contributed by atoms with van der Waals surface area (Å²) in [5.41, 5.74) is 10.5. The molecule has 0 aromatic heterocycles. The van der Waals surface area contributed by atoms with Crippen molar-refractivity contribution in [2.45, 2.75) is 86.9 Å². The summed E-state index contributed by atoms with van der Waals surface area (Å²) >= 11 is 0. The summed E-state index contributed by atoms with van der Waals surface area (Å²) in [5.74, 6) is 2.19. The number of ether oxygens (including phenoxy) is 2. The van der Waals surface area contributed by atoms with Gasteiger partial charge in [-0.15, -0.1) is 0 Å². The van der Waals surface area contributed by atoms with Crippen LogP contribution in [0.2, 0.25) is 0 Å². The average molecular weight is 535 g/mol. The number of hydrogen-bond donors (Lipinski definition) is 0. The van der Waals surface area contributed by atoms with Gasteiger partial charge in [-0.05, 0) is 103 Å². The maximum absolute atomic E-state index is 6.23. The van der Waals surface area contributed by atoms with Gasteiger partial charge < -0.3 is 9.47 Å². The van der Waals surface area contributed by atoms with Crippen LogP contribution >= 0.6 is 0 Å². The molecular formula is C38H46O2. The van der Waals surface area contributed by atoms with E-state index in [9.17, 15) is 0 Å². The van der Waals surface area contributed by atoms with Gasteiger partial charge >= 0.3 is 0 Å². The van der Waals surface area contributed by atoms with Crippen LogP contribution in [0.1, 0.15) is 92.0 Å². The summed E-state index contributed by atoms with van der Waals surface area (Å²) < 4.78 is 12.1. The van der Waals surface area contributed by atoms with Gasteiger partial charge in [0.1, 0.15) is 18.1 Å². The predicted octanol–water partition coefficient (Wildman–Crippen LogP) is 10.0. The smallest absolute Gasteiger partial charge is 0.122 e. The van der Waals surface area contributed by atoms with Gasteiger partial charge in [-0.1, -0.05) is 100 Å². The largest absolute Gasteiger partial charge is 0.491 e. The van der Waals surface area contributed by atoms with Crippen LogP contribution in [-0.2, 0) is 19.4 Å². The highest BCUT2D eigenvalue weighted by molar-refractivity contribution is 5.44. The highest BCUT2D eigenvalue weighted by Gasteiger charge is 2.14. The van der Waals surface area contributed by atoms with Crippen LogP contribution in [0.5, 0.6) is 11.5 Å². The molecule has 0 N–H and O–H groups in total. The molecule has 0 radical (unpaired) electrons. The van der Waals surface area contributed by atoms with Crippen LogP contribution in [0.3, 0.4) is 0 Å². The lowest BCUT2D eigenvalue weighted by Crippen LogP contribution is -2.08. The van der Waals surface area contributed by atoms with Crippen molar-refractivity contribution in [2.75, 3.05) is 0 Å². The van der Waals surface area contributed by atoms with E-state index in [2.05, 4.69) is 140 Å². The lowest BCUT2D eigenvalue weighted by Gasteiger charge is -2.18. The van der Waals surface area contributed by atoms with E-state index in [1.807, 2.05) is 0 Å². The second-order valence-corrected chi connectivity index (χ2v) is 12.8. The minimum Gasteiger partial charge on any atom is -0.491 e. The maximum atomic E-state index is 6.23. The first kappa shape index (κ1) is 29.5. The number of rotatable bonds is 10. The summed E-state index contributed by atoms with van der Waals surface area (Å²) in [7, 11) is 0. The summed E-state index contributed by atoms with van der Waals surface area (Å²) in [6.45, 7) is 18.1. The van der Waals surface area contributed by atoms with Gasteiger partial charge in [0.15, 0.2) is 0 Å². The van der Waals surface area contributed by atoms with Crippen molar-refractivity contribution in [3.8, 4) is 11.5 Å². The monoisotopic (exact) mass is 534 g/mol. The Morgan fingerprint density at radius 1 is 0.600 bits per heavy atom. The minimum absolute atomic E-state index is 0.177. The molecule has 40 heavy (non-hydrogen) atoms. The van der Waals surface area contributed by atoms with Gasteiger partial charge in [0, 0.05) is 5.92 Å². The third-order valence-electron chi connectivity index (χ3n) is 7.34. The maximum Gasteiger partial charge on any atom is 0.122 e. The van der Waals surface area contributed by atoms with E-state index in [-0.39, 0.29) is 6.10 Å². The van der Waals surface area contributed by atoms with Gasteiger partial charge in [-0.3, -0.25) is 0 Å². The van der Waals surface area contributed by atoms with Gasteiger partial charge in [-0.25, -0.2) is 0 Å². The third-order valence-corrected chi connectivity index (χ3v) is 7.34. The van der Waals surface area contributed by atoms with Crippen LogP contribution in [0, 0.1) is 19.3 Å². The fourth-order valence-corrected chi connectivity index (χ4v) is 5.16. The molecule has 4 rings (SSSR count). The summed E-state index contributed by atoms with van der Waals surface area (Å²) in [6, 6.07) is 31.0. The molecule has 1 atom stereocenters. The van der Waals surface area contributed by atoms with Crippen molar-refractivity contribution < 1.29 is 9.47 Å². The van der Waals surface area contributed by atoms with E-state index in [0.29, 0.717) is 17.9 Å². The first-order valence-electron chi connectivity index (χ1n) is 14.6. The second kappa shape index (κ2) is 12.8. The SMILES string of the molecule is Cc1cc(C(C)c2ccc(OC(C)C)c(C)c2)ccc1OCc1ccc(Cc2ccc(CC(C)(C)C)cc2)cc1. The van der Waals surface area contributed by atoms with E-state index in [1.165, 1.54) is 38.9 Å². The fraction of sp³-hybridized carbons (Fsp3) is 0.368. The highest BCUT2D eigenvalue weighted by atomic mass is 16.5. The van der Waals surface area contributed by atoms with Crippen molar-refractivity contribution in [1.82, 2.24) is 0 Å². The van der Waals surface area contributed by atoms with Gasteiger partial charge in [0.05, 0.1) is 6.10 Å². The molecule has 0 aliphatic heterocycles. The highest BCUT2D eigenvalue weighted by Crippen LogP contribution is 2.31. The van der Waals surface area contributed by atoms with Crippen LogP contribution < -0.4 is 9.47 Å². The lowest BCUT2D eigenvalue weighted by molar-refractivity contribution is 0.240. The fourth-order valence-electron chi connectivity index (χ4n) is 5.16. The van der Waals surface area contributed by atoms with Crippen molar-refractivity contribution in [2.24, 2.45) is 5.41 Å². The Morgan fingerprint density at radius 3 is 1.55 bits per heavy atom. The van der Waals surface area contributed by atoms with Crippen LogP contribution in [0.25, 0.3) is 0 Å². The quantitative estimate of drug-likeness (QED) is 0.201. The molecule has 0 saturated heterocycles. The summed E-state index contributed by atoms with van der Waals surface area (Å²) in [4.78, 5) is 0. The predicted molar refractivity (Wildman–Crippen MR) is 169 cm³/mol. The zero-order valence-corrected chi connectivity index (χ0v) is 25.7. The van der Waals surface area contributed by atoms with E-state index >= 15 is 0 Å². The number of benzene rings is 4. The molecule has 2 heteroatoms. The molecule has 0 spiro atoms. The second-order valence-electron chi connectivity index (χ2n) is 12.8. The van der Waals surface area contributed by atoms with Gasteiger partial charge in [-0.2, -0.15) is 0 Å². The third kappa shape index (κ3) is 8.24. The van der Waals surface area contributed by atoms with E-state index in [0.717, 1.165) is 29.9 Å². The molecular weight excluding hydrogens is 488 g/mol. The van der Waals surface area contributed by atoms with Crippen molar-refractivity contribution in [3.05, 3.63) is 129 Å². The summed E-state index contributed by atoms with van der Waals surface area (Å²) in [6.07, 6.45) is 2.23. The molecule has 0 saturated carbocycles. The molecule has 0 aliphatic carbocycles. The first-order valence-corrected chi connectivity index (χ1v) is 14.6. The Labute approximate surface area is 242 Å². The topological polar surface area (TPSA) is 18.5 Å². The molecule has 0 aliphatic rings. The summed E-state index contributed by atoms with van der Waals surface area (Å²) in [5, 5.41) is 0. The Morgan fingerprint density at radius 2 is 1.07 bits per heavy atom. The lowest BCUT2D eigenvalue weighted by atomic mass is 9.88. The standard InChI is InChI=1S/C38H46O2/c1-26(2)40-37-20-18-35(22-28(37)4)29(5)34-17-19-36(27(3)21-34)39-25-33-15-11-31(12-16-33)23-30-9-13-32(14-10-30)24-38(6,7)8/h9-22,26,29H,23-25H2,1-8H3. The van der Waals surface area contributed by atoms with Crippen LogP contribution in [-0.4, -0.2) is 6.10 Å². The molecule has 0 heterocycles. The zero-order chi connectivity index (χ0) is 28.9. The molecule has 4 aromatic rings. The molecule has 2 nitrogen and oxygen atoms in total. The molecule has 4 aromatic carbocycles. The van der Waals surface area contributed by atoms with Gasteiger partial charge in [0.2, 0.25) is 0 Å². The van der Waals surface area contributed by atoms with E-state index < -0.39 is 0 Å². The van der Waals surface area contributed by atoms with E-state index in [4.69, 9.17) is 9.47 Å². The first-order chi connectivity index (χ1) is 19.0. The minimum atomic E-state index is 0.177. The van der Waals surface area contributed by atoms with Gasteiger partial charge in [0.25, 0.3) is 0 Å². The van der Waals surface area contributed by atoms with Crippen molar-refractivity contribution in [1.29, 1.82) is 0 Å². The Hall–Kier alpha value is -3.52. The number of hydrogen-bond acceptors (Lipinski definition) is 2. The van der Waals surface area contributed by atoms with Crippen LogP contribution in [0.15, 0.2) is 84.9 Å². The van der Waals surface area contributed by atoms with Crippen LogP contribution in [0.4, 0.5) is 0 Å². The average Bonchev–Trinajstić information content (AvgIpc) is 2.89. The number of aryl methyl sites for hydroxylation is 2.